The molecule has 22 heavy (non-hydrogen) atoms. The van der Waals surface area contributed by atoms with Crippen molar-refractivity contribution in [1.29, 1.82) is 0 Å². The summed E-state index contributed by atoms with van der Waals surface area (Å²) in [5, 5.41) is 6.08. The number of anilines is 1. The number of piperidine rings is 1. The van der Waals surface area contributed by atoms with Gasteiger partial charge in [0.25, 0.3) is 0 Å². The zero-order valence-corrected chi connectivity index (χ0v) is 13.9. The maximum atomic E-state index is 12.2. The molecule has 0 spiro atoms. The van der Waals surface area contributed by atoms with Gasteiger partial charge in [-0.05, 0) is 51.4 Å². The molecule has 122 valence electrons. The van der Waals surface area contributed by atoms with Gasteiger partial charge >= 0.3 is 5.97 Å². The van der Waals surface area contributed by atoms with Crippen LogP contribution >= 0.6 is 12.4 Å². The third-order valence-electron chi connectivity index (χ3n) is 3.75. The Morgan fingerprint density at radius 3 is 2.50 bits per heavy atom. The van der Waals surface area contributed by atoms with Crippen LogP contribution in [0.4, 0.5) is 5.82 Å². The van der Waals surface area contributed by atoms with E-state index in [4.69, 9.17) is 4.74 Å². The number of methoxy groups -OCH3 is 1. The van der Waals surface area contributed by atoms with Gasteiger partial charge in [0.2, 0.25) is 5.91 Å². The normalized spacial score (nSPS) is 14.9. The van der Waals surface area contributed by atoms with Crippen molar-refractivity contribution >= 4 is 30.1 Å². The highest BCUT2D eigenvalue weighted by atomic mass is 35.5. The number of esters is 1. The second kappa shape index (κ2) is 8.10. The van der Waals surface area contributed by atoms with Crippen LogP contribution in [0.2, 0.25) is 0 Å². The average molecular weight is 328 g/mol. The van der Waals surface area contributed by atoms with E-state index in [1.54, 1.807) is 19.9 Å². The number of pyridine rings is 1. The molecule has 0 atom stereocenters. The van der Waals surface area contributed by atoms with Gasteiger partial charge in [-0.15, -0.1) is 12.4 Å². The summed E-state index contributed by atoms with van der Waals surface area (Å²) < 4.78 is 4.74. The molecule has 2 N–H and O–H groups in total. The maximum Gasteiger partial charge on any atom is 0.339 e. The third kappa shape index (κ3) is 4.18. The Kier molecular flexibility index (Phi) is 6.77. The van der Waals surface area contributed by atoms with E-state index in [0.717, 1.165) is 31.5 Å². The smallest absolute Gasteiger partial charge is 0.339 e. The van der Waals surface area contributed by atoms with Gasteiger partial charge in [-0.2, -0.15) is 0 Å². The number of amides is 1. The molecule has 1 aliphatic rings. The van der Waals surface area contributed by atoms with Gasteiger partial charge in [-0.3, -0.25) is 4.79 Å². The first-order valence-corrected chi connectivity index (χ1v) is 7.11. The van der Waals surface area contributed by atoms with E-state index in [2.05, 4.69) is 15.6 Å². The quantitative estimate of drug-likeness (QED) is 0.828. The molecule has 0 bridgehead atoms. The summed E-state index contributed by atoms with van der Waals surface area (Å²) >= 11 is 0. The summed E-state index contributed by atoms with van der Waals surface area (Å²) in [5.41, 5.74) is 1.76. The molecule has 0 saturated carbocycles. The lowest BCUT2D eigenvalue weighted by atomic mass is 9.97. The first kappa shape index (κ1) is 18.4. The zero-order valence-electron chi connectivity index (χ0n) is 13.1. The molecular weight excluding hydrogens is 306 g/mol. The van der Waals surface area contributed by atoms with Crippen LogP contribution in [0.25, 0.3) is 0 Å². The Morgan fingerprint density at radius 2 is 1.95 bits per heavy atom. The molecule has 7 heteroatoms. The molecule has 0 aromatic carbocycles. The molecular formula is C15H22ClN3O3. The van der Waals surface area contributed by atoms with Crippen LogP contribution in [-0.4, -0.2) is 37.1 Å². The average Bonchev–Trinajstić information content (AvgIpc) is 2.47. The number of rotatable bonds is 3. The number of ether oxygens (including phenoxy) is 1. The van der Waals surface area contributed by atoms with Crippen molar-refractivity contribution in [2.75, 3.05) is 25.5 Å². The minimum Gasteiger partial charge on any atom is -0.465 e. The number of hydrogen-bond donors (Lipinski definition) is 2. The van der Waals surface area contributed by atoms with E-state index in [-0.39, 0.29) is 24.2 Å². The van der Waals surface area contributed by atoms with E-state index in [9.17, 15) is 9.59 Å². The fourth-order valence-electron chi connectivity index (χ4n) is 2.62. The molecule has 6 nitrogen and oxygen atoms in total. The highest BCUT2D eigenvalue weighted by molar-refractivity contribution is 5.94. The van der Waals surface area contributed by atoms with Crippen LogP contribution in [0.15, 0.2) is 6.07 Å². The van der Waals surface area contributed by atoms with Crippen molar-refractivity contribution in [3.05, 3.63) is 22.9 Å². The maximum absolute atomic E-state index is 12.2. The summed E-state index contributed by atoms with van der Waals surface area (Å²) in [6.45, 7) is 5.27. The number of nitrogens with one attached hydrogen (secondary N) is 2. The van der Waals surface area contributed by atoms with E-state index in [1.165, 1.54) is 7.11 Å². The van der Waals surface area contributed by atoms with Gasteiger partial charge in [-0.25, -0.2) is 9.78 Å². The van der Waals surface area contributed by atoms with Crippen LogP contribution < -0.4 is 10.6 Å². The van der Waals surface area contributed by atoms with Gasteiger partial charge < -0.3 is 15.4 Å². The SMILES string of the molecule is COC(=O)c1c(C)cc(NC(=O)C2CCNCC2)nc1C.Cl. The molecule has 0 radical (unpaired) electrons. The molecule has 1 aromatic heterocycles. The molecule has 2 heterocycles. The summed E-state index contributed by atoms with van der Waals surface area (Å²) in [7, 11) is 1.34. The largest absolute Gasteiger partial charge is 0.465 e. The van der Waals surface area contributed by atoms with E-state index < -0.39 is 5.97 Å². The predicted octanol–water partition coefficient (Wildman–Crippen LogP) is 1.84. The van der Waals surface area contributed by atoms with E-state index in [0.29, 0.717) is 17.1 Å². The Balaban J connectivity index is 0.00000242. The van der Waals surface area contributed by atoms with Crippen molar-refractivity contribution in [1.82, 2.24) is 10.3 Å². The van der Waals surface area contributed by atoms with Gasteiger partial charge in [0.05, 0.1) is 18.4 Å². The first-order chi connectivity index (χ1) is 10.0. The van der Waals surface area contributed by atoms with Crippen molar-refractivity contribution < 1.29 is 14.3 Å². The third-order valence-corrected chi connectivity index (χ3v) is 3.75. The van der Waals surface area contributed by atoms with Crippen LogP contribution in [-0.2, 0) is 9.53 Å². The fraction of sp³-hybridized carbons (Fsp3) is 0.533. The second-order valence-corrected chi connectivity index (χ2v) is 5.29. The molecule has 1 fully saturated rings. The molecule has 0 aliphatic carbocycles. The van der Waals surface area contributed by atoms with Crippen LogP contribution in [0.1, 0.15) is 34.5 Å². The molecule has 2 rings (SSSR count). The Labute approximate surface area is 136 Å². The van der Waals surface area contributed by atoms with Crippen molar-refractivity contribution in [2.24, 2.45) is 5.92 Å². The number of aromatic nitrogens is 1. The summed E-state index contributed by atoms with van der Waals surface area (Å²) in [6.07, 6.45) is 1.67. The minimum absolute atomic E-state index is 0. The highest BCUT2D eigenvalue weighted by Crippen LogP contribution is 2.19. The highest BCUT2D eigenvalue weighted by Gasteiger charge is 2.22. The van der Waals surface area contributed by atoms with Crippen LogP contribution in [0.5, 0.6) is 0 Å². The first-order valence-electron chi connectivity index (χ1n) is 7.11. The lowest BCUT2D eigenvalue weighted by Crippen LogP contribution is -2.34. The van der Waals surface area contributed by atoms with E-state index in [1.807, 2.05) is 0 Å². The Morgan fingerprint density at radius 1 is 1.32 bits per heavy atom. The van der Waals surface area contributed by atoms with Crippen LogP contribution in [0, 0.1) is 19.8 Å². The topological polar surface area (TPSA) is 80.3 Å². The predicted molar refractivity (Wildman–Crippen MR) is 86.5 cm³/mol. The molecule has 1 aromatic rings. The lowest BCUT2D eigenvalue weighted by molar-refractivity contribution is -0.120. The van der Waals surface area contributed by atoms with Crippen molar-refractivity contribution in [2.45, 2.75) is 26.7 Å². The number of aryl methyl sites for hydroxylation is 2. The monoisotopic (exact) mass is 327 g/mol. The number of nitrogens with zero attached hydrogens (tertiary/aromatic N) is 1. The van der Waals surface area contributed by atoms with Crippen LogP contribution in [0.3, 0.4) is 0 Å². The van der Waals surface area contributed by atoms with Gasteiger partial charge in [0.15, 0.2) is 0 Å². The van der Waals surface area contributed by atoms with Gasteiger partial charge in [-0.1, -0.05) is 0 Å². The Hall–Kier alpha value is -1.66. The summed E-state index contributed by atoms with van der Waals surface area (Å²) in [5.74, 6) is 0.0949. The molecule has 0 unspecified atom stereocenters. The summed E-state index contributed by atoms with van der Waals surface area (Å²) in [4.78, 5) is 28.2. The fourth-order valence-corrected chi connectivity index (χ4v) is 2.62. The van der Waals surface area contributed by atoms with E-state index >= 15 is 0 Å². The standard InChI is InChI=1S/C15H21N3O3.ClH/c1-9-8-12(17-10(2)13(9)15(20)21-3)18-14(19)11-4-6-16-7-5-11;/h8,11,16H,4-7H2,1-3H3,(H,17,18,19);1H. The number of hydrogen-bond acceptors (Lipinski definition) is 5. The Bertz CT molecular complexity index is 534. The second-order valence-electron chi connectivity index (χ2n) is 5.29. The minimum atomic E-state index is -0.409. The van der Waals surface area contributed by atoms with Gasteiger partial charge in [0, 0.05) is 5.92 Å². The lowest BCUT2D eigenvalue weighted by Gasteiger charge is -2.21. The molecule has 1 amide bonds. The van der Waals surface area contributed by atoms with Crippen molar-refractivity contribution in [3.8, 4) is 0 Å². The number of carbonyl (C=O) groups is 2. The molecule has 1 aliphatic heterocycles. The van der Waals surface area contributed by atoms with Gasteiger partial charge in [0.1, 0.15) is 5.82 Å². The number of carbonyl (C=O) groups excluding carboxylic acids is 2. The zero-order chi connectivity index (χ0) is 15.4. The molecule has 1 saturated heterocycles. The van der Waals surface area contributed by atoms with Crippen molar-refractivity contribution in [3.63, 3.8) is 0 Å². The number of halogens is 1. The summed E-state index contributed by atoms with van der Waals surface area (Å²) in [6, 6.07) is 1.71.